The molecule has 0 unspecified atom stereocenters. The molecule has 2 aromatic rings. The average Bonchev–Trinajstić information content (AvgIpc) is 3.21. The van der Waals surface area contributed by atoms with Crippen LogP contribution >= 0.6 is 11.8 Å². The Balaban J connectivity index is 1.85. The minimum atomic E-state index is -0.691. The number of rotatable bonds is 6. The highest BCUT2D eigenvalue weighted by atomic mass is 32.2. The largest absolute Gasteiger partial charge is 0.468 e. The lowest BCUT2D eigenvalue weighted by atomic mass is 10.2. The van der Waals surface area contributed by atoms with Gasteiger partial charge in [0.15, 0.2) is 0 Å². The number of benzene rings is 1. The van der Waals surface area contributed by atoms with Crippen molar-refractivity contribution in [3.8, 4) is 0 Å². The zero-order valence-corrected chi connectivity index (χ0v) is 15.5. The third-order valence-electron chi connectivity index (χ3n) is 4.06. The lowest BCUT2D eigenvalue weighted by Crippen LogP contribution is -2.34. The predicted octanol–water partition coefficient (Wildman–Crippen LogP) is 2.65. The van der Waals surface area contributed by atoms with E-state index in [1.54, 1.807) is 41.1 Å². The fourth-order valence-electron chi connectivity index (χ4n) is 2.67. The zero-order valence-electron chi connectivity index (χ0n) is 14.7. The van der Waals surface area contributed by atoms with Gasteiger partial charge >= 0.3 is 5.97 Å². The van der Waals surface area contributed by atoms with Crippen molar-refractivity contribution in [1.82, 2.24) is 9.47 Å². The molecule has 1 aromatic carbocycles. The standard InChI is InChI=1S/C18H15N3O6S/c1-27-16(22)11-20-17(23)15(28-18(20)24)9-13-6-4-8-19(13)10-12-5-2-3-7-14(12)21(25)26/h2-9H,10-11H2,1H3/b15-9+. The van der Waals surface area contributed by atoms with Gasteiger partial charge in [0.25, 0.3) is 16.8 Å². The lowest BCUT2D eigenvalue weighted by Gasteiger charge is -2.10. The Morgan fingerprint density at radius 3 is 2.71 bits per heavy atom. The first-order valence-electron chi connectivity index (χ1n) is 8.10. The summed E-state index contributed by atoms with van der Waals surface area (Å²) in [5.41, 5.74) is 1.11. The minimum Gasteiger partial charge on any atom is -0.468 e. The van der Waals surface area contributed by atoms with Gasteiger partial charge in [-0.3, -0.25) is 29.4 Å². The molecule has 0 N–H and O–H groups in total. The molecule has 0 saturated carbocycles. The summed E-state index contributed by atoms with van der Waals surface area (Å²) in [5, 5.41) is 10.6. The molecule has 2 heterocycles. The minimum absolute atomic E-state index is 0.000511. The highest BCUT2D eigenvalue weighted by molar-refractivity contribution is 8.18. The zero-order chi connectivity index (χ0) is 20.3. The Kier molecular flexibility index (Phi) is 5.59. The van der Waals surface area contributed by atoms with Gasteiger partial charge in [-0.1, -0.05) is 18.2 Å². The molecule has 0 aliphatic carbocycles. The summed E-state index contributed by atoms with van der Waals surface area (Å²) < 4.78 is 6.23. The van der Waals surface area contributed by atoms with E-state index in [0.717, 1.165) is 16.7 Å². The summed E-state index contributed by atoms with van der Waals surface area (Å²) in [4.78, 5) is 47.5. The van der Waals surface area contributed by atoms with Gasteiger partial charge in [-0.05, 0) is 30.0 Å². The van der Waals surface area contributed by atoms with Crippen molar-refractivity contribution in [3.05, 3.63) is 68.9 Å². The van der Waals surface area contributed by atoms with E-state index >= 15 is 0 Å². The van der Waals surface area contributed by atoms with Crippen LogP contribution in [0.5, 0.6) is 0 Å². The van der Waals surface area contributed by atoms with Crippen molar-refractivity contribution in [2.24, 2.45) is 0 Å². The monoisotopic (exact) mass is 401 g/mol. The van der Waals surface area contributed by atoms with Gasteiger partial charge in [0.2, 0.25) is 0 Å². The van der Waals surface area contributed by atoms with Crippen molar-refractivity contribution in [2.75, 3.05) is 13.7 Å². The number of carbonyl (C=O) groups is 3. The molecule has 144 valence electrons. The Bertz CT molecular complexity index is 997. The van der Waals surface area contributed by atoms with Crippen molar-refractivity contribution < 1.29 is 24.0 Å². The molecule has 0 atom stereocenters. The second-order valence-corrected chi connectivity index (χ2v) is 6.78. The van der Waals surface area contributed by atoms with Crippen LogP contribution in [0.3, 0.4) is 0 Å². The molecule has 1 aromatic heterocycles. The number of nitro groups is 1. The van der Waals surface area contributed by atoms with Gasteiger partial charge in [-0.2, -0.15) is 0 Å². The maximum atomic E-state index is 12.4. The number of thioether (sulfide) groups is 1. The van der Waals surface area contributed by atoms with E-state index in [2.05, 4.69) is 4.74 Å². The number of hydrogen-bond donors (Lipinski definition) is 0. The normalized spacial score (nSPS) is 15.3. The van der Waals surface area contributed by atoms with Gasteiger partial charge in [0.05, 0.1) is 23.5 Å². The Morgan fingerprint density at radius 1 is 1.25 bits per heavy atom. The average molecular weight is 401 g/mol. The molecule has 0 spiro atoms. The Labute approximate surface area is 163 Å². The summed E-state index contributed by atoms with van der Waals surface area (Å²) in [5.74, 6) is -1.28. The van der Waals surface area contributed by atoms with Crippen molar-refractivity contribution >= 4 is 40.6 Å². The van der Waals surface area contributed by atoms with Crippen LogP contribution in [0.25, 0.3) is 6.08 Å². The number of nitro benzene ring substituents is 1. The molecule has 2 amide bonds. The third-order valence-corrected chi connectivity index (χ3v) is 4.97. The Hall–Kier alpha value is -3.40. The lowest BCUT2D eigenvalue weighted by molar-refractivity contribution is -0.385. The summed E-state index contributed by atoms with van der Waals surface area (Å²) >= 11 is 0.725. The van der Waals surface area contributed by atoms with E-state index in [0.29, 0.717) is 11.3 Å². The van der Waals surface area contributed by atoms with Crippen LogP contribution < -0.4 is 0 Å². The molecule has 1 aliphatic rings. The van der Waals surface area contributed by atoms with Crippen molar-refractivity contribution in [2.45, 2.75) is 6.54 Å². The molecule has 0 radical (unpaired) electrons. The predicted molar refractivity (Wildman–Crippen MR) is 101 cm³/mol. The van der Waals surface area contributed by atoms with Gasteiger partial charge in [0, 0.05) is 23.5 Å². The molecule has 28 heavy (non-hydrogen) atoms. The van der Waals surface area contributed by atoms with E-state index < -0.39 is 28.6 Å². The molecular formula is C18H15N3O6S. The number of imide groups is 1. The van der Waals surface area contributed by atoms with Gasteiger partial charge in [0.1, 0.15) is 6.54 Å². The highest BCUT2D eigenvalue weighted by Crippen LogP contribution is 2.32. The SMILES string of the molecule is COC(=O)CN1C(=O)S/C(=C/c2cccn2Cc2ccccc2[N+](=O)[O-])C1=O. The van der Waals surface area contributed by atoms with E-state index in [1.807, 2.05) is 0 Å². The van der Waals surface area contributed by atoms with E-state index in [4.69, 9.17) is 0 Å². The molecule has 9 nitrogen and oxygen atoms in total. The summed E-state index contributed by atoms with van der Waals surface area (Å²) in [6.45, 7) is -0.225. The first kappa shape index (κ1) is 19.4. The highest BCUT2D eigenvalue weighted by Gasteiger charge is 2.36. The summed E-state index contributed by atoms with van der Waals surface area (Å²) in [7, 11) is 1.17. The third kappa shape index (κ3) is 3.96. The van der Waals surface area contributed by atoms with Crippen LogP contribution in [0.15, 0.2) is 47.5 Å². The molecule has 1 aliphatic heterocycles. The number of carbonyl (C=O) groups excluding carboxylic acids is 3. The van der Waals surface area contributed by atoms with Crippen LogP contribution in [-0.4, -0.2) is 45.2 Å². The van der Waals surface area contributed by atoms with Crippen LogP contribution in [-0.2, 0) is 20.9 Å². The maximum Gasteiger partial charge on any atom is 0.325 e. The van der Waals surface area contributed by atoms with Crippen LogP contribution in [0.1, 0.15) is 11.3 Å². The summed E-state index contributed by atoms with van der Waals surface area (Å²) in [6, 6.07) is 9.85. The fraction of sp³-hybridized carbons (Fsp3) is 0.167. The molecule has 0 bridgehead atoms. The first-order valence-corrected chi connectivity index (χ1v) is 8.92. The van der Waals surface area contributed by atoms with Crippen molar-refractivity contribution in [1.29, 1.82) is 0 Å². The number of aromatic nitrogens is 1. The van der Waals surface area contributed by atoms with E-state index in [1.165, 1.54) is 19.3 Å². The van der Waals surface area contributed by atoms with Gasteiger partial charge in [-0.25, -0.2) is 0 Å². The quantitative estimate of drug-likeness (QED) is 0.316. The number of ether oxygens (including phenoxy) is 1. The Morgan fingerprint density at radius 2 is 2.00 bits per heavy atom. The molecule has 1 saturated heterocycles. The number of amides is 2. The second kappa shape index (κ2) is 8.09. The number of para-hydroxylation sites is 1. The second-order valence-electron chi connectivity index (χ2n) is 5.79. The smallest absolute Gasteiger partial charge is 0.325 e. The van der Waals surface area contributed by atoms with E-state index in [9.17, 15) is 24.5 Å². The molecule has 3 rings (SSSR count). The van der Waals surface area contributed by atoms with Gasteiger partial charge < -0.3 is 9.30 Å². The van der Waals surface area contributed by atoms with Crippen molar-refractivity contribution in [3.63, 3.8) is 0 Å². The van der Waals surface area contributed by atoms with Crippen LogP contribution in [0, 0.1) is 10.1 Å². The summed E-state index contributed by atoms with van der Waals surface area (Å²) in [6.07, 6.45) is 3.25. The van der Waals surface area contributed by atoms with Crippen LogP contribution in [0.4, 0.5) is 10.5 Å². The maximum absolute atomic E-state index is 12.4. The fourth-order valence-corrected chi connectivity index (χ4v) is 3.50. The topological polar surface area (TPSA) is 112 Å². The number of nitrogens with zero attached hydrogens (tertiary/aromatic N) is 3. The molecular weight excluding hydrogens is 386 g/mol. The van der Waals surface area contributed by atoms with Gasteiger partial charge in [-0.15, -0.1) is 0 Å². The molecule has 1 fully saturated rings. The number of hydrogen-bond acceptors (Lipinski definition) is 7. The molecule has 10 heteroatoms. The first-order chi connectivity index (χ1) is 13.4. The number of methoxy groups -OCH3 is 1. The van der Waals surface area contributed by atoms with E-state index in [-0.39, 0.29) is 17.1 Å². The number of esters is 1. The van der Waals surface area contributed by atoms with Crippen LogP contribution in [0.2, 0.25) is 0 Å².